The van der Waals surface area contributed by atoms with E-state index in [-0.39, 0.29) is 0 Å². The van der Waals surface area contributed by atoms with Crippen molar-refractivity contribution in [3.8, 4) is 0 Å². The van der Waals surface area contributed by atoms with Crippen molar-refractivity contribution in [2.75, 3.05) is 6.54 Å². The Morgan fingerprint density at radius 1 is 1.06 bits per heavy atom. The van der Waals surface area contributed by atoms with Gasteiger partial charge in [0, 0.05) is 29.6 Å². The highest BCUT2D eigenvalue weighted by Gasteiger charge is 2.22. The molecule has 0 aliphatic heterocycles. The average Bonchev–Trinajstić information content (AvgIpc) is 3.06. The lowest BCUT2D eigenvalue weighted by Crippen LogP contribution is -2.19. The van der Waals surface area contributed by atoms with Crippen LogP contribution in [0.2, 0.25) is 0 Å². The van der Waals surface area contributed by atoms with Gasteiger partial charge < -0.3 is 15.0 Å². The van der Waals surface area contributed by atoms with Crippen molar-refractivity contribution in [3.63, 3.8) is 0 Å². The van der Waals surface area contributed by atoms with E-state index in [9.17, 15) is 9.90 Å². The van der Waals surface area contributed by atoms with Crippen LogP contribution in [0.3, 0.4) is 0 Å². The van der Waals surface area contributed by atoms with E-state index in [0.29, 0.717) is 18.8 Å². The third-order valence-electron chi connectivity index (χ3n) is 6.30. The lowest BCUT2D eigenvalue weighted by molar-refractivity contribution is 0.0684. The Morgan fingerprint density at radius 3 is 2.55 bits per heavy atom. The molecule has 2 aromatic carbocycles. The molecule has 0 atom stereocenters. The predicted octanol–water partition coefficient (Wildman–Crippen LogP) is 5.98. The van der Waals surface area contributed by atoms with E-state index in [1.165, 1.54) is 36.8 Å². The Bertz CT molecular complexity index is 1110. The molecule has 0 radical (unpaired) electrons. The van der Waals surface area contributed by atoms with Crippen LogP contribution in [-0.2, 0) is 13.1 Å². The van der Waals surface area contributed by atoms with Crippen molar-refractivity contribution < 1.29 is 9.90 Å². The fraction of sp³-hybridized carbons (Fsp3) is 0.370. The normalized spacial score (nSPS) is 14.1. The third kappa shape index (κ3) is 4.91. The maximum absolute atomic E-state index is 12.4. The standard InChI is InChI=1S/C27H32N2O2/c1-19-8-11-22(12-9-19)18-29-25-16-20(2)10-13-23(25)24(26(29)27(30)31)17-28-15-14-21-6-4-3-5-7-21/h6,8-13,16,28H,3-5,7,14-15,17-18H2,1-2H3,(H,30,31). The molecular weight excluding hydrogens is 384 g/mol. The fourth-order valence-corrected chi connectivity index (χ4v) is 4.59. The van der Waals surface area contributed by atoms with Crippen molar-refractivity contribution in [3.05, 3.63) is 82.1 Å². The van der Waals surface area contributed by atoms with Crippen molar-refractivity contribution in [2.24, 2.45) is 0 Å². The van der Waals surface area contributed by atoms with Gasteiger partial charge in [0.1, 0.15) is 5.69 Å². The number of carboxylic acids is 1. The number of nitrogens with zero attached hydrogens (tertiary/aromatic N) is 1. The van der Waals surface area contributed by atoms with Crippen molar-refractivity contribution >= 4 is 16.9 Å². The average molecular weight is 417 g/mol. The number of aromatic carboxylic acids is 1. The summed E-state index contributed by atoms with van der Waals surface area (Å²) >= 11 is 0. The summed E-state index contributed by atoms with van der Waals surface area (Å²) in [5.74, 6) is -0.868. The predicted molar refractivity (Wildman–Crippen MR) is 127 cm³/mol. The minimum Gasteiger partial charge on any atom is -0.477 e. The Kier molecular flexibility index (Phi) is 6.57. The van der Waals surface area contributed by atoms with Crippen molar-refractivity contribution in [1.82, 2.24) is 9.88 Å². The van der Waals surface area contributed by atoms with E-state index in [0.717, 1.165) is 40.6 Å². The van der Waals surface area contributed by atoms with E-state index < -0.39 is 5.97 Å². The Labute approximate surface area is 184 Å². The summed E-state index contributed by atoms with van der Waals surface area (Å²) in [5, 5.41) is 14.7. The van der Waals surface area contributed by atoms with Crippen LogP contribution >= 0.6 is 0 Å². The van der Waals surface area contributed by atoms with Gasteiger partial charge in [0.2, 0.25) is 0 Å². The second-order valence-corrected chi connectivity index (χ2v) is 8.76. The molecule has 4 nitrogen and oxygen atoms in total. The molecule has 0 saturated heterocycles. The maximum atomic E-state index is 12.4. The highest BCUT2D eigenvalue weighted by Crippen LogP contribution is 2.29. The van der Waals surface area contributed by atoms with Gasteiger partial charge in [0.05, 0.1) is 0 Å². The summed E-state index contributed by atoms with van der Waals surface area (Å²) in [6.45, 7) is 6.11. The van der Waals surface area contributed by atoms with Crippen LogP contribution in [-0.4, -0.2) is 22.2 Å². The number of nitrogens with one attached hydrogen (secondary N) is 1. The molecule has 1 aliphatic rings. The molecule has 0 unspecified atom stereocenters. The first-order chi connectivity index (χ1) is 15.0. The first kappa shape index (κ1) is 21.4. The van der Waals surface area contributed by atoms with Crippen LogP contribution < -0.4 is 5.32 Å². The van der Waals surface area contributed by atoms with Gasteiger partial charge >= 0.3 is 5.97 Å². The molecule has 0 saturated carbocycles. The van der Waals surface area contributed by atoms with Gasteiger partial charge in [-0.2, -0.15) is 0 Å². The summed E-state index contributed by atoms with van der Waals surface area (Å²) in [6.07, 6.45) is 8.43. The molecule has 2 N–H and O–H groups in total. The number of allylic oxidation sites excluding steroid dienone is 1. The van der Waals surface area contributed by atoms with Crippen molar-refractivity contribution in [2.45, 2.75) is 59.0 Å². The van der Waals surface area contributed by atoms with Crippen LogP contribution in [0.4, 0.5) is 0 Å². The van der Waals surface area contributed by atoms with Gasteiger partial charge in [-0.05, 0) is 69.7 Å². The first-order valence-corrected chi connectivity index (χ1v) is 11.3. The molecule has 1 aliphatic carbocycles. The van der Waals surface area contributed by atoms with E-state index >= 15 is 0 Å². The zero-order valence-electron chi connectivity index (χ0n) is 18.6. The zero-order chi connectivity index (χ0) is 21.8. The van der Waals surface area contributed by atoms with Gasteiger partial charge in [-0.3, -0.25) is 0 Å². The first-order valence-electron chi connectivity index (χ1n) is 11.3. The van der Waals surface area contributed by atoms with Crippen LogP contribution in [0, 0.1) is 13.8 Å². The number of rotatable bonds is 8. The van der Waals surface area contributed by atoms with Crippen LogP contribution in [0.25, 0.3) is 10.9 Å². The molecule has 162 valence electrons. The number of carboxylic acid groups (broad SMARTS) is 1. The second-order valence-electron chi connectivity index (χ2n) is 8.76. The third-order valence-corrected chi connectivity index (χ3v) is 6.30. The Morgan fingerprint density at radius 2 is 1.84 bits per heavy atom. The van der Waals surface area contributed by atoms with E-state index in [4.69, 9.17) is 0 Å². The van der Waals surface area contributed by atoms with Gasteiger partial charge in [-0.25, -0.2) is 4.79 Å². The molecule has 3 aromatic rings. The minimum absolute atomic E-state index is 0.394. The minimum atomic E-state index is -0.868. The van der Waals surface area contributed by atoms with E-state index in [2.05, 4.69) is 67.7 Å². The monoisotopic (exact) mass is 416 g/mol. The molecule has 4 rings (SSSR count). The molecule has 1 aromatic heterocycles. The second kappa shape index (κ2) is 9.52. The Balaban J connectivity index is 1.63. The van der Waals surface area contributed by atoms with Gasteiger partial charge in [-0.1, -0.05) is 53.6 Å². The highest BCUT2D eigenvalue weighted by molar-refractivity contribution is 5.98. The number of aryl methyl sites for hydroxylation is 2. The summed E-state index contributed by atoms with van der Waals surface area (Å²) in [7, 11) is 0. The topological polar surface area (TPSA) is 54.3 Å². The lowest BCUT2D eigenvalue weighted by Gasteiger charge is -2.13. The largest absolute Gasteiger partial charge is 0.477 e. The SMILES string of the molecule is Cc1ccc(Cn2c(C(=O)O)c(CNCCC3=CCCCC3)c3ccc(C)cc32)cc1. The number of carbonyl (C=O) groups is 1. The molecule has 1 heterocycles. The molecule has 0 amide bonds. The van der Waals surface area contributed by atoms with Gasteiger partial charge in [-0.15, -0.1) is 0 Å². The van der Waals surface area contributed by atoms with Crippen LogP contribution in [0.5, 0.6) is 0 Å². The summed E-state index contributed by atoms with van der Waals surface area (Å²) in [4.78, 5) is 12.4. The lowest BCUT2D eigenvalue weighted by atomic mass is 9.97. The zero-order valence-corrected chi connectivity index (χ0v) is 18.6. The summed E-state index contributed by atoms with van der Waals surface area (Å²) in [5.41, 5.74) is 7.25. The van der Waals surface area contributed by atoms with Gasteiger partial charge in [0.15, 0.2) is 0 Å². The van der Waals surface area contributed by atoms with Crippen LogP contribution in [0.15, 0.2) is 54.1 Å². The molecule has 0 fully saturated rings. The highest BCUT2D eigenvalue weighted by atomic mass is 16.4. The summed E-state index contributed by atoms with van der Waals surface area (Å²) < 4.78 is 1.97. The number of hydrogen-bond donors (Lipinski definition) is 2. The number of benzene rings is 2. The van der Waals surface area contributed by atoms with Crippen molar-refractivity contribution in [1.29, 1.82) is 0 Å². The Hall–Kier alpha value is -2.85. The van der Waals surface area contributed by atoms with Crippen LogP contribution in [0.1, 0.15) is 64.8 Å². The fourth-order valence-electron chi connectivity index (χ4n) is 4.59. The molecular formula is C27H32N2O2. The van der Waals surface area contributed by atoms with Gasteiger partial charge in [0.25, 0.3) is 0 Å². The molecule has 31 heavy (non-hydrogen) atoms. The summed E-state index contributed by atoms with van der Waals surface area (Å²) in [6, 6.07) is 14.6. The van der Waals surface area contributed by atoms with E-state index in [1.807, 2.05) is 4.57 Å². The number of aromatic nitrogens is 1. The molecule has 4 heteroatoms. The quantitative estimate of drug-likeness (QED) is 0.351. The smallest absolute Gasteiger partial charge is 0.352 e. The number of fused-ring (bicyclic) bond motifs is 1. The molecule has 0 bridgehead atoms. The maximum Gasteiger partial charge on any atom is 0.352 e. The number of hydrogen-bond acceptors (Lipinski definition) is 2. The van der Waals surface area contributed by atoms with E-state index in [1.54, 1.807) is 0 Å². The molecule has 0 spiro atoms.